The molecule has 6 aromatic rings. The molecule has 0 fully saturated rings. The quantitative estimate of drug-likeness (QED) is 0.207. The molecule has 1 heteroatoms. The van der Waals surface area contributed by atoms with Crippen molar-refractivity contribution < 1.29 is 0 Å². The maximum absolute atomic E-state index is 2.59. The van der Waals surface area contributed by atoms with E-state index in [0.29, 0.717) is 0 Å². The average molecular weight is 516 g/mol. The van der Waals surface area contributed by atoms with Crippen LogP contribution in [-0.2, 0) is 11.8 Å². The van der Waals surface area contributed by atoms with Crippen LogP contribution in [0.15, 0.2) is 109 Å². The molecule has 0 radical (unpaired) electrons. The molecule has 1 heterocycles. The number of nitrogens with zero attached hydrogens (tertiary/aromatic N) is 1. The molecule has 1 aliphatic carbocycles. The Kier molecular flexibility index (Phi) is 5.04. The molecule has 0 aromatic heterocycles. The molecule has 194 valence electrons. The summed E-state index contributed by atoms with van der Waals surface area (Å²) in [5, 5.41) is 5.33. The molecule has 6 aromatic carbocycles. The lowest BCUT2D eigenvalue weighted by atomic mass is 9.81. The fraction of sp³-hybridized carbons (Fsp3) is 0.179. The molecule has 2 aliphatic rings. The summed E-state index contributed by atoms with van der Waals surface area (Å²) in [5.41, 5.74) is 13.7. The Morgan fingerprint density at radius 3 is 2.20 bits per heavy atom. The first-order valence-electron chi connectivity index (χ1n) is 14.6. The van der Waals surface area contributed by atoms with Gasteiger partial charge in [0, 0.05) is 28.4 Å². The Bertz CT molecular complexity index is 1980. The van der Waals surface area contributed by atoms with Crippen LogP contribution in [0.25, 0.3) is 43.8 Å². The minimum atomic E-state index is -0.0269. The van der Waals surface area contributed by atoms with Gasteiger partial charge in [0.25, 0.3) is 0 Å². The summed E-state index contributed by atoms with van der Waals surface area (Å²) in [4.78, 5) is 2.59. The Morgan fingerprint density at radius 2 is 1.30 bits per heavy atom. The summed E-state index contributed by atoms with van der Waals surface area (Å²) in [7, 11) is 0. The van der Waals surface area contributed by atoms with Gasteiger partial charge in [-0.25, -0.2) is 0 Å². The Hall–Kier alpha value is -4.36. The predicted molar refractivity (Wildman–Crippen MR) is 171 cm³/mol. The number of benzene rings is 6. The predicted octanol–water partition coefficient (Wildman–Crippen LogP) is 10.4. The van der Waals surface area contributed by atoms with E-state index in [1.165, 1.54) is 83.8 Å². The van der Waals surface area contributed by atoms with Gasteiger partial charge in [-0.2, -0.15) is 0 Å². The van der Waals surface area contributed by atoms with E-state index in [1.54, 1.807) is 0 Å². The molecule has 8 rings (SSSR count). The molecule has 1 aliphatic heterocycles. The van der Waals surface area contributed by atoms with Crippen molar-refractivity contribution in [1.82, 2.24) is 0 Å². The Morgan fingerprint density at radius 1 is 0.600 bits per heavy atom. The molecule has 0 saturated carbocycles. The van der Waals surface area contributed by atoms with E-state index in [2.05, 4.69) is 135 Å². The van der Waals surface area contributed by atoms with Gasteiger partial charge in [0.2, 0.25) is 0 Å². The largest absolute Gasteiger partial charge is 0.340 e. The first-order chi connectivity index (χ1) is 19.5. The van der Waals surface area contributed by atoms with Crippen molar-refractivity contribution in [3.8, 4) is 22.3 Å². The van der Waals surface area contributed by atoms with Crippen molar-refractivity contribution in [2.75, 3.05) is 11.4 Å². The summed E-state index contributed by atoms with van der Waals surface area (Å²) in [5.74, 6) is 0. The topological polar surface area (TPSA) is 3.24 Å². The van der Waals surface area contributed by atoms with Gasteiger partial charge < -0.3 is 4.90 Å². The average Bonchev–Trinajstić information content (AvgIpc) is 3.22. The van der Waals surface area contributed by atoms with E-state index in [0.717, 1.165) is 13.0 Å². The van der Waals surface area contributed by atoms with E-state index in [1.807, 2.05) is 0 Å². The van der Waals surface area contributed by atoms with E-state index >= 15 is 0 Å². The zero-order valence-electron chi connectivity index (χ0n) is 23.5. The van der Waals surface area contributed by atoms with Crippen molar-refractivity contribution in [2.24, 2.45) is 0 Å². The second-order valence-corrected chi connectivity index (χ2v) is 12.1. The summed E-state index contributed by atoms with van der Waals surface area (Å²) in [6.45, 7) is 8.01. The molecule has 0 bridgehead atoms. The van der Waals surface area contributed by atoms with Crippen LogP contribution in [0.4, 0.5) is 11.4 Å². The third kappa shape index (κ3) is 3.21. The van der Waals surface area contributed by atoms with Gasteiger partial charge in [-0.3, -0.25) is 0 Å². The van der Waals surface area contributed by atoms with Crippen LogP contribution in [0.1, 0.15) is 42.5 Å². The fourth-order valence-electron chi connectivity index (χ4n) is 7.58. The number of fused-ring (bicyclic) bond motifs is 6. The van der Waals surface area contributed by atoms with Crippen molar-refractivity contribution in [1.29, 1.82) is 0 Å². The van der Waals surface area contributed by atoms with Gasteiger partial charge in [0.05, 0.1) is 5.69 Å². The van der Waals surface area contributed by atoms with E-state index in [-0.39, 0.29) is 5.41 Å². The Balaban J connectivity index is 1.52. The molecule has 0 amide bonds. The first-order valence-corrected chi connectivity index (χ1v) is 14.6. The van der Waals surface area contributed by atoms with Crippen LogP contribution in [-0.4, -0.2) is 6.54 Å². The molecule has 1 nitrogen and oxygen atoms in total. The summed E-state index contributed by atoms with van der Waals surface area (Å²) < 4.78 is 0. The van der Waals surface area contributed by atoms with Crippen molar-refractivity contribution >= 4 is 32.9 Å². The molecule has 0 saturated heterocycles. The zero-order chi connectivity index (χ0) is 27.0. The summed E-state index contributed by atoms with van der Waals surface area (Å²) in [6, 6.07) is 41.1. The first kappa shape index (κ1) is 23.5. The number of hydrogen-bond donors (Lipinski definition) is 0. The van der Waals surface area contributed by atoms with Crippen LogP contribution in [0.3, 0.4) is 0 Å². The van der Waals surface area contributed by atoms with Gasteiger partial charge in [0.15, 0.2) is 0 Å². The number of para-hydroxylation sites is 1. The molecular weight excluding hydrogens is 482 g/mol. The maximum atomic E-state index is 2.59. The molecular formula is C39H33N. The normalized spacial score (nSPS) is 15.2. The van der Waals surface area contributed by atoms with Crippen molar-refractivity contribution in [3.63, 3.8) is 0 Å². The highest BCUT2D eigenvalue weighted by Crippen LogP contribution is 2.55. The standard InChI is InChI=1S/C39H33N/c1-25-21-22-29-32(24-25)36(31-17-10-19-34-37(31)30-16-7-8-18-33(30)39(34,2)3)27-14-5-6-15-28(27)38(29)40-23-11-13-26-12-4-9-20-35(26)40/h4-10,12,14-22,24H,11,13,23H2,1-3H3. The molecule has 0 N–H and O–H groups in total. The van der Waals surface area contributed by atoms with Crippen molar-refractivity contribution in [2.45, 2.75) is 39.0 Å². The highest BCUT2D eigenvalue weighted by molar-refractivity contribution is 6.23. The van der Waals surface area contributed by atoms with Gasteiger partial charge in [-0.1, -0.05) is 123 Å². The third-order valence-corrected chi connectivity index (χ3v) is 9.41. The van der Waals surface area contributed by atoms with E-state index < -0.39 is 0 Å². The van der Waals surface area contributed by atoms with Crippen molar-refractivity contribution in [3.05, 3.63) is 131 Å². The SMILES string of the molecule is Cc1ccc2c(N3CCCc4ccccc43)c3ccccc3c(-c3cccc4c3-c3ccccc3C4(C)C)c2c1. The van der Waals surface area contributed by atoms with Crippen LogP contribution < -0.4 is 4.90 Å². The van der Waals surface area contributed by atoms with Gasteiger partial charge in [-0.05, 0) is 75.5 Å². The van der Waals surface area contributed by atoms with Crippen LogP contribution >= 0.6 is 0 Å². The lowest BCUT2D eigenvalue weighted by molar-refractivity contribution is 0.660. The molecule has 0 unspecified atom stereocenters. The van der Waals surface area contributed by atoms with Gasteiger partial charge >= 0.3 is 0 Å². The number of rotatable bonds is 2. The number of hydrogen-bond acceptors (Lipinski definition) is 1. The molecule has 40 heavy (non-hydrogen) atoms. The van der Waals surface area contributed by atoms with Crippen LogP contribution in [0.5, 0.6) is 0 Å². The van der Waals surface area contributed by atoms with E-state index in [9.17, 15) is 0 Å². The van der Waals surface area contributed by atoms with Crippen LogP contribution in [0.2, 0.25) is 0 Å². The molecule has 0 spiro atoms. The molecule has 0 atom stereocenters. The summed E-state index contributed by atoms with van der Waals surface area (Å²) >= 11 is 0. The smallest absolute Gasteiger partial charge is 0.0570 e. The summed E-state index contributed by atoms with van der Waals surface area (Å²) in [6.07, 6.45) is 2.31. The minimum absolute atomic E-state index is 0.0269. The van der Waals surface area contributed by atoms with Gasteiger partial charge in [0.1, 0.15) is 0 Å². The lowest BCUT2D eigenvalue weighted by Gasteiger charge is -2.34. The monoisotopic (exact) mass is 515 g/mol. The second-order valence-electron chi connectivity index (χ2n) is 12.1. The Labute approximate surface area is 236 Å². The van der Waals surface area contributed by atoms with E-state index in [4.69, 9.17) is 0 Å². The second kappa shape index (κ2) is 8.57. The zero-order valence-corrected chi connectivity index (χ0v) is 23.5. The highest BCUT2D eigenvalue weighted by atomic mass is 15.1. The third-order valence-electron chi connectivity index (χ3n) is 9.41. The highest BCUT2D eigenvalue weighted by Gasteiger charge is 2.37. The minimum Gasteiger partial charge on any atom is -0.340 e. The maximum Gasteiger partial charge on any atom is 0.0570 e. The number of aryl methyl sites for hydroxylation is 2. The fourth-order valence-corrected chi connectivity index (χ4v) is 7.58. The lowest BCUT2D eigenvalue weighted by Crippen LogP contribution is -2.25. The van der Waals surface area contributed by atoms with Crippen LogP contribution in [0, 0.1) is 6.92 Å². The number of anilines is 2. The van der Waals surface area contributed by atoms with Gasteiger partial charge in [-0.15, -0.1) is 0 Å².